The lowest BCUT2D eigenvalue weighted by Crippen LogP contribution is -2.52. The van der Waals surface area contributed by atoms with Gasteiger partial charge >= 0.3 is 6.03 Å². The summed E-state index contributed by atoms with van der Waals surface area (Å²) in [5, 5.41) is 25.1. The fourth-order valence-electron chi connectivity index (χ4n) is 5.01. The second-order valence-electron chi connectivity index (χ2n) is 8.30. The van der Waals surface area contributed by atoms with Crippen LogP contribution in [0.1, 0.15) is 31.2 Å². The molecule has 2 amide bonds. The molecule has 2 aromatic carbocycles. The van der Waals surface area contributed by atoms with E-state index in [1.807, 2.05) is 6.07 Å². The Kier molecular flexibility index (Phi) is 5.27. The number of fused-ring (bicyclic) bond motifs is 1. The Balaban J connectivity index is 1.46. The summed E-state index contributed by atoms with van der Waals surface area (Å²) in [4.78, 5) is 14.6. The van der Waals surface area contributed by atoms with Gasteiger partial charge in [0.05, 0.1) is 0 Å². The van der Waals surface area contributed by atoms with Crippen LogP contribution in [0.2, 0.25) is 0 Å². The molecule has 0 aromatic heterocycles. The molecule has 1 heterocycles. The molecule has 1 aliphatic carbocycles. The van der Waals surface area contributed by atoms with Gasteiger partial charge in [0.15, 0.2) is 23.1 Å². The summed E-state index contributed by atoms with van der Waals surface area (Å²) in [5.41, 5.74) is 1.04. The molecule has 0 bridgehead atoms. The van der Waals surface area contributed by atoms with E-state index in [1.165, 1.54) is 12.1 Å². The van der Waals surface area contributed by atoms with Gasteiger partial charge in [0.2, 0.25) is 0 Å². The number of nitrogens with zero attached hydrogens (tertiary/aromatic N) is 1. The molecule has 0 radical (unpaired) electrons. The van der Waals surface area contributed by atoms with Crippen LogP contribution in [0.4, 0.5) is 19.3 Å². The quantitative estimate of drug-likeness (QED) is 0.574. The summed E-state index contributed by atoms with van der Waals surface area (Å²) < 4.78 is 26.4. The largest absolute Gasteiger partial charge is 0.504 e. The second-order valence-corrected chi connectivity index (χ2v) is 8.30. The first kappa shape index (κ1) is 20.4. The van der Waals surface area contributed by atoms with Crippen LogP contribution < -0.4 is 10.6 Å². The number of phenolic OH excluding ortho intramolecular Hbond substituents is 2. The standard InChI is InChI=1S/C22H25F2N3O3/c1-27-9-8-22(13-2-5-18(28)19(29)10-13)7-6-15(12-20(22)27)26-21(30)25-14-3-4-16(23)17(24)11-14/h2-5,10-11,15,20,28-29H,6-9,12H2,1H3,(H2,25,26,30)/t15-,20+,22-/m0/s1. The average molecular weight is 417 g/mol. The topological polar surface area (TPSA) is 84.8 Å². The fourth-order valence-corrected chi connectivity index (χ4v) is 5.01. The summed E-state index contributed by atoms with van der Waals surface area (Å²) >= 11 is 0. The third kappa shape index (κ3) is 3.67. The van der Waals surface area contributed by atoms with E-state index in [4.69, 9.17) is 0 Å². The number of amides is 2. The van der Waals surface area contributed by atoms with Gasteiger partial charge in [0, 0.05) is 29.3 Å². The molecular weight excluding hydrogens is 392 g/mol. The molecule has 1 saturated heterocycles. The normalized spacial score (nSPS) is 26.2. The van der Waals surface area contributed by atoms with Gasteiger partial charge in [0.25, 0.3) is 0 Å². The van der Waals surface area contributed by atoms with Crippen LogP contribution >= 0.6 is 0 Å². The van der Waals surface area contributed by atoms with Crippen molar-refractivity contribution >= 4 is 11.7 Å². The molecule has 6 nitrogen and oxygen atoms in total. The molecule has 2 aromatic rings. The van der Waals surface area contributed by atoms with Crippen LogP contribution in [-0.4, -0.2) is 46.8 Å². The minimum Gasteiger partial charge on any atom is -0.504 e. The van der Waals surface area contributed by atoms with Crippen molar-refractivity contribution in [2.45, 2.75) is 43.2 Å². The number of aromatic hydroxyl groups is 2. The highest BCUT2D eigenvalue weighted by Crippen LogP contribution is 2.49. The first-order valence-corrected chi connectivity index (χ1v) is 10.0. The number of likely N-dealkylation sites (tertiary alicyclic amines) is 1. The van der Waals surface area contributed by atoms with Crippen LogP contribution in [0.15, 0.2) is 36.4 Å². The SMILES string of the molecule is CN1CC[C@]2(c3ccc(O)c(O)c3)CC[C@H](NC(=O)Nc3ccc(F)c(F)c3)C[C@@H]12. The molecule has 3 atom stereocenters. The highest BCUT2D eigenvalue weighted by atomic mass is 19.2. The molecule has 1 saturated carbocycles. The van der Waals surface area contributed by atoms with E-state index in [1.54, 1.807) is 6.07 Å². The van der Waals surface area contributed by atoms with E-state index < -0.39 is 17.7 Å². The Bertz CT molecular complexity index is 971. The lowest BCUT2D eigenvalue weighted by molar-refractivity contribution is 0.156. The minimum atomic E-state index is -1.01. The van der Waals surface area contributed by atoms with Crippen molar-refractivity contribution in [1.29, 1.82) is 0 Å². The number of likely N-dealkylation sites (N-methyl/N-ethyl adjacent to an activating group) is 1. The Morgan fingerprint density at radius 1 is 1.10 bits per heavy atom. The predicted octanol–water partition coefficient (Wildman–Crippen LogP) is 3.69. The van der Waals surface area contributed by atoms with Crippen LogP contribution in [0.5, 0.6) is 11.5 Å². The molecule has 0 spiro atoms. The van der Waals surface area contributed by atoms with Crippen LogP contribution in [-0.2, 0) is 5.41 Å². The number of halogens is 2. The summed E-state index contributed by atoms with van der Waals surface area (Å²) in [6, 6.07) is 7.91. The number of urea groups is 1. The van der Waals surface area contributed by atoms with Gasteiger partial charge in [-0.15, -0.1) is 0 Å². The highest BCUT2D eigenvalue weighted by Gasteiger charge is 2.50. The molecule has 4 rings (SSSR count). The summed E-state index contributed by atoms with van der Waals surface area (Å²) in [6.45, 7) is 0.903. The Morgan fingerprint density at radius 3 is 2.63 bits per heavy atom. The highest BCUT2D eigenvalue weighted by molar-refractivity contribution is 5.89. The van der Waals surface area contributed by atoms with Gasteiger partial charge < -0.3 is 25.7 Å². The van der Waals surface area contributed by atoms with Crippen molar-refractivity contribution in [1.82, 2.24) is 10.2 Å². The molecule has 8 heteroatoms. The van der Waals surface area contributed by atoms with Crippen molar-refractivity contribution in [3.63, 3.8) is 0 Å². The number of benzene rings is 2. The zero-order valence-electron chi connectivity index (χ0n) is 16.7. The van der Waals surface area contributed by atoms with Gasteiger partial charge in [-0.1, -0.05) is 6.07 Å². The molecule has 0 unspecified atom stereocenters. The first-order valence-electron chi connectivity index (χ1n) is 10.0. The maximum Gasteiger partial charge on any atom is 0.319 e. The monoisotopic (exact) mass is 417 g/mol. The molecular formula is C22H25F2N3O3. The minimum absolute atomic E-state index is 0.0697. The smallest absolute Gasteiger partial charge is 0.319 e. The Hall–Kier alpha value is -2.87. The number of hydrogen-bond donors (Lipinski definition) is 4. The van der Waals surface area contributed by atoms with E-state index in [0.717, 1.165) is 49.9 Å². The van der Waals surface area contributed by atoms with Crippen molar-refractivity contribution in [3.8, 4) is 11.5 Å². The summed E-state index contributed by atoms with van der Waals surface area (Å²) in [6.07, 6.45) is 3.23. The number of hydrogen-bond acceptors (Lipinski definition) is 4. The number of carbonyl (C=O) groups is 1. The molecule has 2 fully saturated rings. The number of rotatable bonds is 3. The number of phenols is 2. The number of carbonyl (C=O) groups excluding carboxylic acids is 1. The van der Waals surface area contributed by atoms with E-state index in [0.29, 0.717) is 0 Å². The maximum atomic E-state index is 13.3. The molecule has 160 valence electrons. The lowest BCUT2D eigenvalue weighted by Gasteiger charge is -2.44. The van der Waals surface area contributed by atoms with Gasteiger partial charge in [-0.25, -0.2) is 13.6 Å². The van der Waals surface area contributed by atoms with Gasteiger partial charge in [-0.3, -0.25) is 0 Å². The zero-order valence-corrected chi connectivity index (χ0v) is 16.7. The van der Waals surface area contributed by atoms with Crippen LogP contribution in [0.3, 0.4) is 0 Å². The molecule has 4 N–H and O–H groups in total. The van der Waals surface area contributed by atoms with E-state index in [9.17, 15) is 23.8 Å². The van der Waals surface area contributed by atoms with Crippen molar-refractivity contribution in [2.24, 2.45) is 0 Å². The Labute approximate surface area is 173 Å². The zero-order chi connectivity index (χ0) is 21.5. The maximum absolute atomic E-state index is 13.3. The average Bonchev–Trinajstić information content (AvgIpc) is 3.04. The third-order valence-electron chi connectivity index (χ3n) is 6.59. The van der Waals surface area contributed by atoms with Crippen molar-refractivity contribution in [2.75, 3.05) is 18.9 Å². The fraction of sp³-hybridized carbons (Fsp3) is 0.409. The summed E-state index contributed by atoms with van der Waals surface area (Å²) in [5.74, 6) is -2.24. The van der Waals surface area contributed by atoms with E-state index in [-0.39, 0.29) is 34.7 Å². The first-order chi connectivity index (χ1) is 14.3. The Morgan fingerprint density at radius 2 is 1.90 bits per heavy atom. The molecule has 30 heavy (non-hydrogen) atoms. The van der Waals surface area contributed by atoms with Crippen LogP contribution in [0.25, 0.3) is 0 Å². The number of nitrogens with one attached hydrogen (secondary N) is 2. The molecule has 1 aliphatic heterocycles. The van der Waals surface area contributed by atoms with E-state index in [2.05, 4.69) is 22.6 Å². The number of anilines is 1. The van der Waals surface area contributed by atoms with Gasteiger partial charge in [-0.2, -0.15) is 0 Å². The van der Waals surface area contributed by atoms with Gasteiger partial charge in [0.1, 0.15) is 0 Å². The van der Waals surface area contributed by atoms with Crippen molar-refractivity contribution in [3.05, 3.63) is 53.6 Å². The van der Waals surface area contributed by atoms with E-state index >= 15 is 0 Å². The lowest BCUT2D eigenvalue weighted by atomic mass is 9.65. The predicted molar refractivity (Wildman–Crippen MR) is 109 cm³/mol. The van der Waals surface area contributed by atoms with Crippen LogP contribution in [0, 0.1) is 11.6 Å². The molecule has 2 aliphatic rings. The van der Waals surface area contributed by atoms with Crippen molar-refractivity contribution < 1.29 is 23.8 Å². The van der Waals surface area contributed by atoms with Gasteiger partial charge in [-0.05, 0) is 69.1 Å². The summed E-state index contributed by atoms with van der Waals surface area (Å²) in [7, 11) is 2.05. The third-order valence-corrected chi connectivity index (χ3v) is 6.59. The second kappa shape index (κ2) is 7.75.